The van der Waals surface area contributed by atoms with Gasteiger partial charge in [-0.15, -0.1) is 4.39 Å². The van der Waals surface area contributed by atoms with Gasteiger partial charge in [0.2, 0.25) is 0 Å². The number of carbonyl (C=O) groups is 1. The monoisotopic (exact) mass is 174 g/mol. The molecule has 1 heterocycles. The van der Waals surface area contributed by atoms with Crippen molar-refractivity contribution in [1.82, 2.24) is 0 Å². The van der Waals surface area contributed by atoms with Crippen molar-refractivity contribution >= 4 is 6.16 Å². The average Bonchev–Trinajstić information content (AvgIpc) is 2.25. The smallest absolute Gasteiger partial charge is 0.370 e. The molecule has 0 saturated carbocycles. The molecule has 2 unspecified atom stereocenters. The first-order valence-electron chi connectivity index (χ1n) is 2.57. The summed E-state index contributed by atoms with van der Waals surface area (Å²) in [6.07, 6.45) is -1.72. The molecule has 0 radical (unpaired) electrons. The fourth-order valence-electron chi connectivity index (χ4n) is 0.561. The highest BCUT2D eigenvalue weighted by atomic mass is 19.2. The Kier molecular flexibility index (Phi) is 1.40. The first-order valence-corrected chi connectivity index (χ1v) is 2.57. The van der Waals surface area contributed by atoms with Crippen molar-refractivity contribution in [3.8, 4) is 6.07 Å². The van der Waals surface area contributed by atoms with Gasteiger partial charge in [-0.3, -0.25) is 0 Å². The largest absolute Gasteiger partial charge is 0.630 e. The van der Waals surface area contributed by atoms with Crippen LogP contribution in [0.1, 0.15) is 0 Å². The van der Waals surface area contributed by atoms with Crippen LogP contribution in [0.15, 0.2) is 0 Å². The van der Waals surface area contributed by atoms with Gasteiger partial charge in [-0.25, -0.2) is 16.2 Å². The third-order valence-electron chi connectivity index (χ3n) is 1.13. The lowest BCUT2D eigenvalue weighted by Crippen LogP contribution is -2.40. The summed E-state index contributed by atoms with van der Waals surface area (Å²) in [6, 6.07) is 0.689. The number of nitriles is 1. The first-order chi connectivity index (χ1) is 5.47. The molecule has 0 aliphatic carbocycles. The van der Waals surface area contributed by atoms with Gasteiger partial charge in [0.1, 0.15) is 0 Å². The van der Waals surface area contributed by atoms with Crippen LogP contribution < -0.4 is 0 Å². The number of rotatable bonds is 0. The second kappa shape index (κ2) is 2.05. The molecule has 5 nitrogen and oxygen atoms in total. The number of alkyl halides is 2. The third kappa shape index (κ3) is 0.768. The molecule has 1 aliphatic heterocycles. The van der Waals surface area contributed by atoms with Crippen LogP contribution in [0.5, 0.6) is 0 Å². The van der Waals surface area contributed by atoms with Crippen LogP contribution in [-0.4, -0.2) is 18.0 Å². The van der Waals surface area contributed by atoms with E-state index < -0.39 is 18.0 Å². The summed E-state index contributed by atoms with van der Waals surface area (Å²) in [5.41, 5.74) is 0. The topological polar surface area (TPSA) is 63.7 Å². The predicted molar refractivity (Wildman–Crippen MR) is 27.5 cm³/mol. The van der Waals surface area contributed by atoms with E-state index in [1.807, 2.05) is 4.85 Å². The quantitative estimate of drug-likeness (QED) is 0.310. The van der Waals surface area contributed by atoms with Crippen molar-refractivity contribution in [3.05, 3.63) is 11.4 Å². The van der Waals surface area contributed by atoms with Gasteiger partial charge >= 0.3 is 18.0 Å². The van der Waals surface area contributed by atoms with Crippen molar-refractivity contribution in [2.24, 2.45) is 0 Å². The van der Waals surface area contributed by atoms with Gasteiger partial charge in [0.15, 0.2) is 6.07 Å². The van der Waals surface area contributed by atoms with Crippen LogP contribution >= 0.6 is 0 Å². The van der Waals surface area contributed by atoms with Crippen LogP contribution in [-0.2, 0) is 9.47 Å². The number of hydrogen-bond donors (Lipinski definition) is 0. The summed E-state index contributed by atoms with van der Waals surface area (Å²) < 4.78 is 32.7. The van der Waals surface area contributed by atoms with Crippen LogP contribution in [0.3, 0.4) is 0 Å². The molecule has 0 spiro atoms. The van der Waals surface area contributed by atoms with E-state index in [0.717, 1.165) is 0 Å². The van der Waals surface area contributed by atoms with E-state index >= 15 is 0 Å². The van der Waals surface area contributed by atoms with Gasteiger partial charge in [0.25, 0.3) is 0 Å². The lowest BCUT2D eigenvalue weighted by molar-refractivity contribution is -0.149. The van der Waals surface area contributed by atoms with Gasteiger partial charge in [-0.1, -0.05) is 0 Å². The molecular formula is C5F2N2O3. The van der Waals surface area contributed by atoms with Gasteiger partial charge < -0.3 is 9.47 Å². The second-order valence-corrected chi connectivity index (χ2v) is 1.83. The predicted octanol–water partition coefficient (Wildman–Crippen LogP) is 0.885. The molecule has 1 aliphatic rings. The highest BCUT2D eigenvalue weighted by molar-refractivity contribution is 5.65. The first kappa shape index (κ1) is 8.21. The molecule has 1 saturated heterocycles. The normalized spacial score (nSPS) is 39.2. The summed E-state index contributed by atoms with van der Waals surface area (Å²) in [4.78, 5) is 12.2. The highest BCUT2D eigenvalue weighted by Gasteiger charge is 2.76. The molecule has 0 amide bonds. The number of hydrogen-bond acceptors (Lipinski definition) is 4. The zero-order valence-corrected chi connectivity index (χ0v) is 5.38. The van der Waals surface area contributed by atoms with Crippen LogP contribution in [0.4, 0.5) is 13.6 Å². The van der Waals surface area contributed by atoms with E-state index in [9.17, 15) is 13.6 Å². The van der Waals surface area contributed by atoms with Crippen molar-refractivity contribution in [1.29, 1.82) is 5.26 Å². The minimum Gasteiger partial charge on any atom is -0.370 e. The summed E-state index contributed by atoms with van der Waals surface area (Å²) in [6.45, 7) is 6.15. The minimum absolute atomic E-state index is 0.689. The summed E-state index contributed by atoms with van der Waals surface area (Å²) >= 11 is 0. The lowest BCUT2D eigenvalue weighted by Gasteiger charge is -2.07. The van der Waals surface area contributed by atoms with Gasteiger partial charge in [0, 0.05) is 0 Å². The van der Waals surface area contributed by atoms with E-state index in [0.29, 0.717) is 6.07 Å². The number of halogens is 2. The molecule has 0 aromatic rings. The standard InChI is InChI=1S/C5F2N2O3/c1-9-5(7)4(6,2-8)11-3(10)12-5. The summed E-state index contributed by atoms with van der Waals surface area (Å²) in [7, 11) is 0. The Bertz CT molecular complexity index is 290. The van der Waals surface area contributed by atoms with Crippen LogP contribution in [0.2, 0.25) is 0 Å². The van der Waals surface area contributed by atoms with E-state index in [-0.39, 0.29) is 0 Å². The number of carbonyl (C=O) groups excluding carboxylic acids is 1. The van der Waals surface area contributed by atoms with Crippen molar-refractivity contribution in [2.75, 3.05) is 0 Å². The van der Waals surface area contributed by atoms with Crippen molar-refractivity contribution < 1.29 is 23.0 Å². The molecule has 0 aromatic heterocycles. The Labute approximate surface area is 64.9 Å². The Morgan fingerprint density at radius 1 is 1.58 bits per heavy atom. The molecule has 0 N–H and O–H groups in total. The lowest BCUT2D eigenvalue weighted by atomic mass is 10.3. The number of cyclic esters (lactones) is 2. The minimum atomic E-state index is -3.70. The van der Waals surface area contributed by atoms with E-state index in [4.69, 9.17) is 11.8 Å². The molecular weight excluding hydrogens is 174 g/mol. The average molecular weight is 174 g/mol. The Balaban J connectivity index is 3.14. The number of nitrogens with zero attached hydrogens (tertiary/aromatic N) is 2. The molecule has 0 bridgehead atoms. The maximum absolute atomic E-state index is 12.8. The zero-order valence-electron chi connectivity index (χ0n) is 5.38. The molecule has 0 aromatic carbocycles. The van der Waals surface area contributed by atoms with Gasteiger partial charge in [0.05, 0.1) is 0 Å². The Morgan fingerprint density at radius 3 is 2.50 bits per heavy atom. The highest BCUT2D eigenvalue weighted by Crippen LogP contribution is 2.40. The maximum atomic E-state index is 12.8. The maximum Gasteiger partial charge on any atom is 0.630 e. The fraction of sp³-hybridized carbons (Fsp3) is 0.400. The van der Waals surface area contributed by atoms with E-state index in [1.54, 1.807) is 0 Å². The zero-order chi connectivity index (χ0) is 9.41. The van der Waals surface area contributed by atoms with E-state index in [2.05, 4.69) is 9.47 Å². The second-order valence-electron chi connectivity index (χ2n) is 1.83. The van der Waals surface area contributed by atoms with E-state index in [1.165, 1.54) is 0 Å². The molecule has 1 rings (SSSR count). The summed E-state index contributed by atoms with van der Waals surface area (Å²) in [5.74, 6) is -7.37. The summed E-state index contributed by atoms with van der Waals surface area (Å²) in [5, 5.41) is 8.04. The van der Waals surface area contributed by atoms with Crippen LogP contribution in [0.25, 0.3) is 4.85 Å². The third-order valence-corrected chi connectivity index (χ3v) is 1.13. The fourth-order valence-corrected chi connectivity index (χ4v) is 0.561. The van der Waals surface area contributed by atoms with Gasteiger partial charge in [-0.2, -0.15) is 9.65 Å². The molecule has 7 heteroatoms. The molecule has 2 atom stereocenters. The van der Waals surface area contributed by atoms with Gasteiger partial charge in [-0.05, 0) is 0 Å². The van der Waals surface area contributed by atoms with Crippen molar-refractivity contribution in [3.63, 3.8) is 0 Å². The van der Waals surface area contributed by atoms with Crippen LogP contribution in [0, 0.1) is 17.9 Å². The number of ether oxygens (including phenoxy) is 2. The Hall–Kier alpha value is -1.89. The Morgan fingerprint density at radius 2 is 2.17 bits per heavy atom. The molecule has 62 valence electrons. The molecule has 1 fully saturated rings. The van der Waals surface area contributed by atoms with Crippen molar-refractivity contribution in [2.45, 2.75) is 11.8 Å². The molecule has 12 heavy (non-hydrogen) atoms. The SMILES string of the molecule is [C-]#[N+]C1(F)OC(=O)OC1(F)C#N.